The number of rotatable bonds is 2. The molecule has 0 aromatic heterocycles. The first-order valence-corrected chi connectivity index (χ1v) is 9.56. The van der Waals surface area contributed by atoms with Gasteiger partial charge in [-0.3, -0.25) is 0 Å². The van der Waals surface area contributed by atoms with Crippen LogP contribution >= 0.6 is 48.0 Å². The molecule has 2 aliphatic carbocycles. The van der Waals surface area contributed by atoms with Gasteiger partial charge in [0.25, 0.3) is 0 Å². The van der Waals surface area contributed by atoms with E-state index < -0.39 is 0 Å². The Bertz CT molecular complexity index is 585. The fourth-order valence-corrected chi connectivity index (χ4v) is 6.94. The average Bonchev–Trinajstić information content (AvgIpc) is 2.63. The van der Waals surface area contributed by atoms with E-state index in [4.69, 9.17) is 0 Å². The van der Waals surface area contributed by atoms with Crippen molar-refractivity contribution in [2.45, 2.75) is 69.2 Å². The molecular formula is C20H32I2Ti. The van der Waals surface area contributed by atoms with E-state index >= 15 is 0 Å². The van der Waals surface area contributed by atoms with Gasteiger partial charge < -0.3 is 0 Å². The fraction of sp³-hybridized carbons (Fsp3) is 0.600. The summed E-state index contributed by atoms with van der Waals surface area (Å²) in [6.07, 6.45) is 0. The molecule has 0 heterocycles. The molecule has 0 amide bonds. The summed E-state index contributed by atoms with van der Waals surface area (Å²) < 4.78 is 3.50. The molecule has 0 atom stereocenters. The van der Waals surface area contributed by atoms with Crippen molar-refractivity contribution in [3.63, 3.8) is 0 Å². The van der Waals surface area contributed by atoms with Crippen LogP contribution in [0.4, 0.5) is 0 Å². The summed E-state index contributed by atoms with van der Waals surface area (Å²) in [5.74, 6) is 0. The van der Waals surface area contributed by atoms with E-state index in [9.17, 15) is 0 Å². The van der Waals surface area contributed by atoms with Crippen molar-refractivity contribution in [3.8, 4) is 0 Å². The zero-order valence-corrected chi connectivity index (χ0v) is 22.5. The van der Waals surface area contributed by atoms with Crippen LogP contribution in [0.5, 0.6) is 0 Å². The molecule has 23 heavy (non-hydrogen) atoms. The van der Waals surface area contributed by atoms with Crippen molar-refractivity contribution >= 4 is 48.0 Å². The molecule has 0 aromatic rings. The van der Waals surface area contributed by atoms with Gasteiger partial charge in [0.05, 0.1) is 0 Å². The predicted molar refractivity (Wildman–Crippen MR) is 121 cm³/mol. The minimum absolute atomic E-state index is 0. The minimum Gasteiger partial charge on any atom is -0.107 e. The predicted octanol–water partition coefficient (Wildman–Crippen LogP) is 7.61. The maximum atomic E-state index is 2.42. The zero-order valence-electron chi connectivity index (χ0n) is 16.3. The molecular weight excluding hydrogens is 542 g/mol. The van der Waals surface area contributed by atoms with Crippen LogP contribution in [0.25, 0.3) is 0 Å². The molecule has 0 fully saturated rings. The van der Waals surface area contributed by atoms with E-state index in [1.165, 1.54) is 11.1 Å². The summed E-state index contributed by atoms with van der Waals surface area (Å²) in [6, 6.07) is 0. The molecule has 0 spiro atoms. The number of halogens is 2. The van der Waals surface area contributed by atoms with Crippen LogP contribution in [0.3, 0.4) is 0 Å². The quantitative estimate of drug-likeness (QED) is 0.236. The van der Waals surface area contributed by atoms with Gasteiger partial charge in [-0.1, -0.05) is 0 Å². The summed E-state index contributed by atoms with van der Waals surface area (Å²) >= 11 is -0.239. The molecule has 0 unspecified atom stereocenters. The maximum absolute atomic E-state index is 2.42. The van der Waals surface area contributed by atoms with Gasteiger partial charge in [0.1, 0.15) is 0 Å². The van der Waals surface area contributed by atoms with E-state index in [1.54, 1.807) is 30.0 Å². The summed E-state index contributed by atoms with van der Waals surface area (Å²) in [4.78, 5) is 0. The molecule has 0 nitrogen and oxygen atoms in total. The van der Waals surface area contributed by atoms with Crippen molar-refractivity contribution in [2.75, 3.05) is 0 Å². The number of hydrogen-bond acceptors (Lipinski definition) is 0. The first-order chi connectivity index (χ1) is 9.44. The summed E-state index contributed by atoms with van der Waals surface area (Å²) in [5.41, 5.74) is 9.92. The second kappa shape index (κ2) is 7.79. The molecule has 0 aliphatic heterocycles. The Balaban J connectivity index is 0.00000242. The second-order valence-electron chi connectivity index (χ2n) is 7.88. The maximum Gasteiger partial charge on any atom is -0.107 e. The van der Waals surface area contributed by atoms with Crippen molar-refractivity contribution in [1.82, 2.24) is 0 Å². The number of allylic oxidation sites excluding steroid dienone is 8. The zero-order chi connectivity index (χ0) is 16.3. The molecule has 130 valence electrons. The van der Waals surface area contributed by atoms with Crippen molar-refractivity contribution < 1.29 is 19.2 Å². The van der Waals surface area contributed by atoms with Gasteiger partial charge in [0.15, 0.2) is 0 Å². The Hall–Kier alpha value is 1.13. The normalized spacial score (nSPS) is 22.5. The van der Waals surface area contributed by atoms with Crippen molar-refractivity contribution in [3.05, 3.63) is 41.2 Å². The molecule has 0 N–H and O–H groups in total. The van der Waals surface area contributed by atoms with E-state index in [1.807, 2.05) is 0 Å². The molecule has 0 saturated heterocycles. The average molecular weight is 574 g/mol. The Labute approximate surface area is 186 Å². The summed E-state index contributed by atoms with van der Waals surface area (Å²) in [7, 11) is 0. The van der Waals surface area contributed by atoms with E-state index in [2.05, 4.69) is 69.2 Å². The van der Waals surface area contributed by atoms with Crippen LogP contribution in [0.2, 0.25) is 0 Å². The van der Waals surface area contributed by atoms with E-state index in [-0.39, 0.29) is 77.9 Å². The van der Waals surface area contributed by atoms with Crippen LogP contribution in [0.1, 0.15) is 69.2 Å². The van der Waals surface area contributed by atoms with Gasteiger partial charge in [-0.15, -0.1) is 48.0 Å². The topological polar surface area (TPSA) is 0 Å². The van der Waals surface area contributed by atoms with Gasteiger partial charge in [-0.05, 0) is 0 Å². The Morgan fingerprint density at radius 3 is 0.957 bits per heavy atom. The standard InChI is InChI=1S/2C10H15.2HI.Ti/c2*1-7-6-10(4,5)9(3)8(7)2;;;/h2*1-5H3;2*1H;. The van der Waals surface area contributed by atoms with Gasteiger partial charge >= 0.3 is 140 Å². The Morgan fingerprint density at radius 1 is 0.522 bits per heavy atom. The first kappa shape index (κ1) is 24.1. The van der Waals surface area contributed by atoms with Crippen LogP contribution in [0.15, 0.2) is 41.2 Å². The molecule has 0 aromatic carbocycles. The third-order valence-electron chi connectivity index (χ3n) is 6.38. The summed E-state index contributed by atoms with van der Waals surface area (Å²) in [6.45, 7) is 23.6. The Morgan fingerprint density at radius 2 is 0.783 bits per heavy atom. The molecule has 0 radical (unpaired) electrons. The molecule has 2 aliphatic rings. The van der Waals surface area contributed by atoms with Gasteiger partial charge in [0, 0.05) is 0 Å². The van der Waals surface area contributed by atoms with Gasteiger partial charge in [-0.25, -0.2) is 0 Å². The van der Waals surface area contributed by atoms with E-state index in [0.29, 0.717) is 0 Å². The minimum atomic E-state index is -0.239. The monoisotopic (exact) mass is 574 g/mol. The first-order valence-electron chi connectivity index (χ1n) is 8.00. The van der Waals surface area contributed by atoms with Crippen LogP contribution in [-0.2, 0) is 19.2 Å². The largest absolute Gasteiger partial charge is 0.107 e. The third kappa shape index (κ3) is 3.66. The fourth-order valence-electron chi connectivity index (χ4n) is 3.81. The van der Waals surface area contributed by atoms with Gasteiger partial charge in [-0.2, -0.15) is 0 Å². The summed E-state index contributed by atoms with van der Waals surface area (Å²) in [5, 5.41) is 0. The molecule has 2 rings (SSSR count). The van der Waals surface area contributed by atoms with Crippen LogP contribution in [0, 0.1) is 10.8 Å². The second-order valence-corrected chi connectivity index (χ2v) is 9.83. The third-order valence-corrected chi connectivity index (χ3v) is 10.3. The SMILES string of the molecule is CC1=C(C)C(C)(C)[C]([Ti][C]2=C(C)C(C)=C(C)C2(C)C)=C1C.I.I. The Kier molecular flexibility index (Phi) is 8.18. The van der Waals surface area contributed by atoms with Crippen LogP contribution in [-0.4, -0.2) is 0 Å². The van der Waals surface area contributed by atoms with Crippen molar-refractivity contribution in [1.29, 1.82) is 0 Å². The van der Waals surface area contributed by atoms with E-state index in [0.717, 1.165) is 0 Å². The smallest absolute Gasteiger partial charge is 0.107 e. The molecule has 0 bridgehead atoms. The van der Waals surface area contributed by atoms with Gasteiger partial charge in [0.2, 0.25) is 0 Å². The molecule has 0 saturated carbocycles. The molecule has 3 heteroatoms. The van der Waals surface area contributed by atoms with Crippen LogP contribution < -0.4 is 0 Å². The number of hydrogen-bond donors (Lipinski definition) is 0. The van der Waals surface area contributed by atoms with Crippen molar-refractivity contribution in [2.24, 2.45) is 10.8 Å².